The molecule has 3 aromatic rings. The molecule has 6 heteroatoms. The standard InChI is InChI=1S/C23H25FN4O/c1-23(2)11-17(7-8-29-23)28-21-18-9-14(12-25)3-6-19(18)26-13-20(21)27-22(28)15-4-5-16(24)10-15/h3,6,9,13,15-17H,4-5,7-8,10-11H2,1-2H3/t15-,16-,17-/m1/s1. The molecule has 5 nitrogen and oxygen atoms in total. The maximum absolute atomic E-state index is 14.1. The van der Waals surface area contributed by atoms with Crippen molar-refractivity contribution in [3.05, 3.63) is 35.8 Å². The van der Waals surface area contributed by atoms with Gasteiger partial charge in [-0.25, -0.2) is 9.37 Å². The van der Waals surface area contributed by atoms with Crippen LogP contribution in [0.2, 0.25) is 0 Å². The molecule has 3 atom stereocenters. The van der Waals surface area contributed by atoms with E-state index in [1.165, 1.54) is 0 Å². The number of imidazole rings is 1. The molecule has 1 saturated heterocycles. The summed E-state index contributed by atoms with van der Waals surface area (Å²) in [4.78, 5) is 9.54. The van der Waals surface area contributed by atoms with E-state index in [1.807, 2.05) is 18.3 Å². The average Bonchev–Trinajstić information content (AvgIpc) is 3.30. The number of nitrogens with zero attached hydrogens (tertiary/aromatic N) is 4. The molecule has 2 aromatic heterocycles. The van der Waals surface area contributed by atoms with Crippen molar-refractivity contribution in [2.75, 3.05) is 6.61 Å². The number of hydrogen-bond acceptors (Lipinski definition) is 4. The summed E-state index contributed by atoms with van der Waals surface area (Å²) in [6, 6.07) is 8.06. The second-order valence-corrected chi connectivity index (χ2v) is 9.04. The Labute approximate surface area is 169 Å². The Morgan fingerprint density at radius 3 is 2.83 bits per heavy atom. The van der Waals surface area contributed by atoms with Crippen molar-refractivity contribution in [3.63, 3.8) is 0 Å². The summed E-state index contributed by atoms with van der Waals surface area (Å²) in [7, 11) is 0. The zero-order valence-corrected chi connectivity index (χ0v) is 16.9. The summed E-state index contributed by atoms with van der Waals surface area (Å²) in [5, 5.41) is 10.4. The third-order valence-electron chi connectivity index (χ3n) is 6.44. The first kappa shape index (κ1) is 18.5. The van der Waals surface area contributed by atoms with E-state index in [-0.39, 0.29) is 17.6 Å². The minimum atomic E-state index is -0.751. The van der Waals surface area contributed by atoms with Crippen LogP contribution in [-0.2, 0) is 4.74 Å². The monoisotopic (exact) mass is 392 g/mol. The van der Waals surface area contributed by atoms with Crippen molar-refractivity contribution in [1.29, 1.82) is 5.26 Å². The third kappa shape index (κ3) is 3.18. The Balaban J connectivity index is 1.77. The van der Waals surface area contributed by atoms with Crippen LogP contribution >= 0.6 is 0 Å². The van der Waals surface area contributed by atoms with Gasteiger partial charge in [-0.1, -0.05) is 0 Å². The Morgan fingerprint density at radius 2 is 2.10 bits per heavy atom. The largest absolute Gasteiger partial charge is 0.375 e. The van der Waals surface area contributed by atoms with Crippen LogP contribution < -0.4 is 0 Å². The molecule has 0 spiro atoms. The van der Waals surface area contributed by atoms with Gasteiger partial charge in [-0.3, -0.25) is 4.98 Å². The van der Waals surface area contributed by atoms with Crippen molar-refractivity contribution in [2.45, 2.75) is 69.7 Å². The van der Waals surface area contributed by atoms with Crippen LogP contribution in [0.4, 0.5) is 4.39 Å². The average molecular weight is 392 g/mol. The van der Waals surface area contributed by atoms with Gasteiger partial charge in [0, 0.05) is 24.0 Å². The van der Waals surface area contributed by atoms with Crippen molar-refractivity contribution >= 4 is 21.9 Å². The van der Waals surface area contributed by atoms with E-state index in [9.17, 15) is 9.65 Å². The number of rotatable bonds is 2. The SMILES string of the molecule is CC1(C)C[C@H](n2c([C@@H]3CC[C@@H](F)C3)nc3cnc4ccc(C#N)cc4c32)CCO1. The Hall–Kier alpha value is -2.52. The molecule has 3 heterocycles. The molecule has 2 fully saturated rings. The van der Waals surface area contributed by atoms with Crippen LogP contribution in [-0.4, -0.2) is 32.9 Å². The molecule has 1 saturated carbocycles. The molecule has 2 aliphatic rings. The molecule has 0 radical (unpaired) electrons. The molecule has 1 aliphatic heterocycles. The normalized spacial score (nSPS) is 26.8. The van der Waals surface area contributed by atoms with Gasteiger partial charge in [0.05, 0.1) is 34.5 Å². The van der Waals surface area contributed by atoms with Gasteiger partial charge in [-0.2, -0.15) is 5.26 Å². The molecule has 0 amide bonds. The number of alkyl halides is 1. The van der Waals surface area contributed by atoms with Crippen LogP contribution in [0.25, 0.3) is 21.9 Å². The van der Waals surface area contributed by atoms with E-state index >= 15 is 0 Å². The molecule has 150 valence electrons. The summed E-state index contributed by atoms with van der Waals surface area (Å²) < 4.78 is 22.4. The number of ether oxygens (including phenoxy) is 1. The van der Waals surface area contributed by atoms with Crippen molar-refractivity contribution < 1.29 is 9.13 Å². The molecule has 5 rings (SSSR count). The predicted octanol–water partition coefficient (Wildman–Crippen LogP) is 5.19. The molecular weight excluding hydrogens is 367 g/mol. The van der Waals surface area contributed by atoms with Crippen LogP contribution in [0, 0.1) is 11.3 Å². The minimum Gasteiger partial charge on any atom is -0.375 e. The molecular formula is C23H25FN4O. The van der Waals surface area contributed by atoms with E-state index in [0.717, 1.165) is 47.0 Å². The molecule has 29 heavy (non-hydrogen) atoms. The van der Waals surface area contributed by atoms with E-state index in [4.69, 9.17) is 9.72 Å². The maximum Gasteiger partial charge on any atom is 0.113 e. The second-order valence-electron chi connectivity index (χ2n) is 9.04. The van der Waals surface area contributed by atoms with Gasteiger partial charge in [0.15, 0.2) is 0 Å². The maximum atomic E-state index is 14.1. The van der Waals surface area contributed by atoms with Gasteiger partial charge in [0.2, 0.25) is 0 Å². The Bertz CT molecular complexity index is 1130. The van der Waals surface area contributed by atoms with Crippen LogP contribution in [0.15, 0.2) is 24.4 Å². The topological polar surface area (TPSA) is 63.7 Å². The second kappa shape index (κ2) is 6.77. The molecule has 0 bridgehead atoms. The van der Waals surface area contributed by atoms with Gasteiger partial charge >= 0.3 is 0 Å². The molecule has 1 aliphatic carbocycles. The Morgan fingerprint density at radius 1 is 1.24 bits per heavy atom. The highest BCUT2D eigenvalue weighted by Gasteiger charge is 2.36. The first-order chi connectivity index (χ1) is 13.9. The molecule has 0 N–H and O–H groups in total. The van der Waals surface area contributed by atoms with Crippen LogP contribution in [0.5, 0.6) is 0 Å². The van der Waals surface area contributed by atoms with E-state index in [1.54, 1.807) is 6.07 Å². The quantitative estimate of drug-likeness (QED) is 0.602. The first-order valence-electron chi connectivity index (χ1n) is 10.4. The predicted molar refractivity (Wildman–Crippen MR) is 110 cm³/mol. The number of hydrogen-bond donors (Lipinski definition) is 0. The fourth-order valence-corrected chi connectivity index (χ4v) is 5.10. The van der Waals surface area contributed by atoms with Crippen molar-refractivity contribution in [2.24, 2.45) is 0 Å². The zero-order chi connectivity index (χ0) is 20.2. The minimum absolute atomic E-state index is 0.123. The lowest BCUT2D eigenvalue weighted by molar-refractivity contribution is -0.0689. The van der Waals surface area contributed by atoms with Gasteiger partial charge in [0.25, 0.3) is 0 Å². The third-order valence-corrected chi connectivity index (χ3v) is 6.44. The number of nitriles is 1. The highest BCUT2D eigenvalue weighted by atomic mass is 19.1. The van der Waals surface area contributed by atoms with Crippen molar-refractivity contribution in [3.8, 4) is 6.07 Å². The Kier molecular flexibility index (Phi) is 4.32. The van der Waals surface area contributed by atoms with Gasteiger partial charge in [0.1, 0.15) is 17.5 Å². The van der Waals surface area contributed by atoms with Crippen LogP contribution in [0.3, 0.4) is 0 Å². The summed E-state index contributed by atoms with van der Waals surface area (Å²) in [5.74, 6) is 1.09. The number of benzene rings is 1. The van der Waals surface area contributed by atoms with Crippen molar-refractivity contribution in [1.82, 2.24) is 14.5 Å². The summed E-state index contributed by atoms with van der Waals surface area (Å²) >= 11 is 0. The summed E-state index contributed by atoms with van der Waals surface area (Å²) in [6.07, 6.45) is 4.80. The molecule has 0 unspecified atom stereocenters. The highest BCUT2D eigenvalue weighted by molar-refractivity contribution is 6.03. The van der Waals surface area contributed by atoms with Gasteiger partial charge < -0.3 is 9.30 Å². The zero-order valence-electron chi connectivity index (χ0n) is 16.9. The van der Waals surface area contributed by atoms with E-state index < -0.39 is 6.17 Å². The van der Waals surface area contributed by atoms with E-state index in [0.29, 0.717) is 25.0 Å². The number of fused-ring (bicyclic) bond motifs is 3. The lowest BCUT2D eigenvalue weighted by Gasteiger charge is -2.37. The number of pyridine rings is 1. The number of halogens is 1. The van der Waals surface area contributed by atoms with Gasteiger partial charge in [-0.05, 0) is 64.2 Å². The summed E-state index contributed by atoms with van der Waals surface area (Å²) in [5.41, 5.74) is 3.10. The summed E-state index contributed by atoms with van der Waals surface area (Å²) in [6.45, 7) is 4.94. The van der Waals surface area contributed by atoms with E-state index in [2.05, 4.69) is 29.5 Å². The molecule has 1 aromatic carbocycles. The number of aromatic nitrogens is 3. The fraction of sp³-hybridized carbons (Fsp3) is 0.522. The highest BCUT2D eigenvalue weighted by Crippen LogP contribution is 2.42. The fourth-order valence-electron chi connectivity index (χ4n) is 5.10. The van der Waals surface area contributed by atoms with Crippen LogP contribution in [0.1, 0.15) is 69.3 Å². The lowest BCUT2D eigenvalue weighted by Crippen LogP contribution is -2.35. The lowest BCUT2D eigenvalue weighted by atomic mass is 9.93. The first-order valence-corrected chi connectivity index (χ1v) is 10.4. The van der Waals surface area contributed by atoms with Gasteiger partial charge in [-0.15, -0.1) is 0 Å². The smallest absolute Gasteiger partial charge is 0.113 e.